The second kappa shape index (κ2) is 7.01. The van der Waals surface area contributed by atoms with E-state index in [9.17, 15) is 0 Å². The zero-order chi connectivity index (χ0) is 14.2. The summed E-state index contributed by atoms with van der Waals surface area (Å²) >= 11 is 0. The molecule has 2 rings (SSSR count). The first-order valence-corrected chi connectivity index (χ1v) is 6.24. The first-order valence-electron chi connectivity index (χ1n) is 6.24. The SMILES string of the molecule is CO/C(C#N)=C\c1ccc(OCc2ccccc2)cc1. The van der Waals surface area contributed by atoms with Crippen molar-refractivity contribution in [1.29, 1.82) is 5.26 Å². The first kappa shape index (κ1) is 13.7. The summed E-state index contributed by atoms with van der Waals surface area (Å²) in [5, 5.41) is 8.78. The number of benzene rings is 2. The Bertz CT molecular complexity index is 610. The van der Waals surface area contributed by atoms with E-state index in [1.165, 1.54) is 7.11 Å². The summed E-state index contributed by atoms with van der Waals surface area (Å²) < 4.78 is 10.6. The summed E-state index contributed by atoms with van der Waals surface area (Å²) in [4.78, 5) is 0. The summed E-state index contributed by atoms with van der Waals surface area (Å²) in [6.07, 6.45) is 1.68. The largest absolute Gasteiger partial charge is 0.489 e. The fraction of sp³-hybridized carbons (Fsp3) is 0.118. The maximum atomic E-state index is 8.78. The van der Waals surface area contributed by atoms with Crippen molar-refractivity contribution >= 4 is 6.08 Å². The lowest BCUT2D eigenvalue weighted by atomic mass is 10.2. The van der Waals surface area contributed by atoms with Crippen molar-refractivity contribution in [1.82, 2.24) is 0 Å². The molecule has 0 atom stereocenters. The molecule has 3 heteroatoms. The van der Waals surface area contributed by atoms with Gasteiger partial charge in [-0.1, -0.05) is 42.5 Å². The van der Waals surface area contributed by atoms with Crippen molar-refractivity contribution in [3.8, 4) is 11.8 Å². The standard InChI is InChI=1S/C17H15NO2/c1-19-17(12-18)11-14-7-9-16(10-8-14)20-13-15-5-3-2-4-6-15/h2-11H,13H2,1H3/b17-11-. The minimum Gasteiger partial charge on any atom is -0.489 e. The lowest BCUT2D eigenvalue weighted by molar-refractivity contribution is 0.306. The highest BCUT2D eigenvalue weighted by Gasteiger charge is 1.97. The van der Waals surface area contributed by atoms with Crippen molar-refractivity contribution in [3.05, 3.63) is 71.5 Å². The maximum absolute atomic E-state index is 8.78. The molecule has 20 heavy (non-hydrogen) atoms. The minimum absolute atomic E-state index is 0.281. The van der Waals surface area contributed by atoms with Crippen LogP contribution in [0.15, 0.2) is 60.4 Å². The topological polar surface area (TPSA) is 42.2 Å². The van der Waals surface area contributed by atoms with Gasteiger partial charge in [-0.15, -0.1) is 0 Å². The van der Waals surface area contributed by atoms with E-state index < -0.39 is 0 Å². The number of rotatable bonds is 5. The Morgan fingerprint density at radius 2 is 1.80 bits per heavy atom. The van der Waals surface area contributed by atoms with Gasteiger partial charge in [-0.05, 0) is 29.3 Å². The molecular formula is C17H15NO2. The van der Waals surface area contributed by atoms with Crippen LogP contribution in [0, 0.1) is 11.3 Å². The molecular weight excluding hydrogens is 250 g/mol. The highest BCUT2D eigenvalue weighted by atomic mass is 16.5. The number of hydrogen-bond acceptors (Lipinski definition) is 3. The Morgan fingerprint density at radius 1 is 1.10 bits per heavy atom. The Hall–Kier alpha value is -2.73. The molecule has 0 aliphatic rings. The Labute approximate surface area is 118 Å². The second-order valence-electron chi connectivity index (χ2n) is 4.17. The van der Waals surface area contributed by atoms with Gasteiger partial charge in [0.15, 0.2) is 5.76 Å². The zero-order valence-corrected chi connectivity index (χ0v) is 11.2. The van der Waals surface area contributed by atoms with Crippen molar-refractivity contribution in [3.63, 3.8) is 0 Å². The van der Waals surface area contributed by atoms with E-state index >= 15 is 0 Å². The molecule has 0 N–H and O–H groups in total. The van der Waals surface area contributed by atoms with E-state index in [0.717, 1.165) is 16.9 Å². The molecule has 0 saturated heterocycles. The molecule has 0 amide bonds. The van der Waals surface area contributed by atoms with E-state index in [0.29, 0.717) is 6.61 Å². The van der Waals surface area contributed by atoms with Gasteiger partial charge in [-0.3, -0.25) is 0 Å². The molecule has 2 aromatic carbocycles. The zero-order valence-electron chi connectivity index (χ0n) is 11.2. The third-order valence-electron chi connectivity index (χ3n) is 2.76. The van der Waals surface area contributed by atoms with Crippen LogP contribution >= 0.6 is 0 Å². The molecule has 3 nitrogen and oxygen atoms in total. The summed E-state index contributed by atoms with van der Waals surface area (Å²) in [6, 6.07) is 19.5. The van der Waals surface area contributed by atoms with Gasteiger partial charge in [0.05, 0.1) is 7.11 Å². The van der Waals surface area contributed by atoms with Crippen molar-refractivity contribution in [2.45, 2.75) is 6.61 Å². The lowest BCUT2D eigenvalue weighted by Gasteiger charge is -2.06. The van der Waals surface area contributed by atoms with Gasteiger partial charge in [-0.25, -0.2) is 0 Å². The quantitative estimate of drug-likeness (QED) is 0.610. The summed E-state index contributed by atoms with van der Waals surface area (Å²) in [5.41, 5.74) is 2.03. The summed E-state index contributed by atoms with van der Waals surface area (Å²) in [5.74, 6) is 1.07. The highest BCUT2D eigenvalue weighted by Crippen LogP contribution is 2.16. The smallest absolute Gasteiger partial charge is 0.197 e. The third kappa shape index (κ3) is 3.89. The predicted octanol–water partition coefficient (Wildman–Crippen LogP) is 3.78. The predicted molar refractivity (Wildman–Crippen MR) is 77.8 cm³/mol. The van der Waals surface area contributed by atoms with Crippen LogP contribution in [0.2, 0.25) is 0 Å². The number of hydrogen-bond donors (Lipinski definition) is 0. The van der Waals surface area contributed by atoms with Crippen LogP contribution in [0.25, 0.3) is 6.08 Å². The van der Waals surface area contributed by atoms with Crippen LogP contribution in [0.1, 0.15) is 11.1 Å². The van der Waals surface area contributed by atoms with Crippen molar-refractivity contribution in [2.75, 3.05) is 7.11 Å². The van der Waals surface area contributed by atoms with Crippen LogP contribution in [-0.2, 0) is 11.3 Å². The van der Waals surface area contributed by atoms with E-state index in [4.69, 9.17) is 14.7 Å². The molecule has 2 aromatic rings. The molecule has 0 heterocycles. The van der Waals surface area contributed by atoms with E-state index in [2.05, 4.69) is 0 Å². The average Bonchev–Trinajstić information content (AvgIpc) is 2.53. The molecule has 0 aliphatic carbocycles. The summed E-state index contributed by atoms with van der Waals surface area (Å²) in [7, 11) is 1.48. The fourth-order valence-corrected chi connectivity index (χ4v) is 1.69. The molecule has 0 saturated carbocycles. The van der Waals surface area contributed by atoms with Crippen molar-refractivity contribution in [2.24, 2.45) is 0 Å². The van der Waals surface area contributed by atoms with Crippen LogP contribution in [0.4, 0.5) is 0 Å². The average molecular weight is 265 g/mol. The van der Waals surface area contributed by atoms with E-state index in [-0.39, 0.29) is 5.76 Å². The highest BCUT2D eigenvalue weighted by molar-refractivity contribution is 5.55. The van der Waals surface area contributed by atoms with Crippen LogP contribution < -0.4 is 4.74 Å². The molecule has 0 unspecified atom stereocenters. The van der Waals surface area contributed by atoms with Gasteiger partial charge < -0.3 is 9.47 Å². The number of methoxy groups -OCH3 is 1. The third-order valence-corrected chi connectivity index (χ3v) is 2.76. The van der Waals surface area contributed by atoms with Gasteiger partial charge in [0.25, 0.3) is 0 Å². The normalized spacial score (nSPS) is 10.7. The van der Waals surface area contributed by atoms with E-state index in [1.54, 1.807) is 6.08 Å². The number of ether oxygens (including phenoxy) is 2. The molecule has 100 valence electrons. The van der Waals surface area contributed by atoms with Crippen LogP contribution in [0.3, 0.4) is 0 Å². The minimum atomic E-state index is 0.281. The lowest BCUT2D eigenvalue weighted by Crippen LogP contribution is -1.94. The van der Waals surface area contributed by atoms with Gasteiger partial charge in [-0.2, -0.15) is 5.26 Å². The van der Waals surface area contributed by atoms with Gasteiger partial charge in [0, 0.05) is 0 Å². The first-order chi connectivity index (χ1) is 9.81. The maximum Gasteiger partial charge on any atom is 0.197 e. The molecule has 0 fully saturated rings. The van der Waals surface area contributed by atoms with Gasteiger partial charge >= 0.3 is 0 Å². The molecule has 0 radical (unpaired) electrons. The molecule has 0 spiro atoms. The number of nitriles is 1. The van der Waals surface area contributed by atoms with Gasteiger partial charge in [0.1, 0.15) is 18.4 Å². The molecule has 0 aliphatic heterocycles. The van der Waals surface area contributed by atoms with Crippen LogP contribution in [-0.4, -0.2) is 7.11 Å². The Morgan fingerprint density at radius 3 is 2.40 bits per heavy atom. The molecule has 0 bridgehead atoms. The monoisotopic (exact) mass is 265 g/mol. The Balaban J connectivity index is 1.99. The number of nitrogens with zero attached hydrogens (tertiary/aromatic N) is 1. The summed E-state index contributed by atoms with van der Waals surface area (Å²) in [6.45, 7) is 0.539. The van der Waals surface area contributed by atoms with Crippen molar-refractivity contribution < 1.29 is 9.47 Å². The number of allylic oxidation sites excluding steroid dienone is 1. The Kier molecular flexibility index (Phi) is 4.80. The molecule has 0 aromatic heterocycles. The fourth-order valence-electron chi connectivity index (χ4n) is 1.69. The van der Waals surface area contributed by atoms with E-state index in [1.807, 2.05) is 60.7 Å². The van der Waals surface area contributed by atoms with Gasteiger partial charge in [0.2, 0.25) is 0 Å². The second-order valence-corrected chi connectivity index (χ2v) is 4.17. The van der Waals surface area contributed by atoms with Crippen LogP contribution in [0.5, 0.6) is 5.75 Å².